The van der Waals surface area contributed by atoms with Gasteiger partial charge in [0, 0.05) is 36.6 Å². The summed E-state index contributed by atoms with van der Waals surface area (Å²) in [4.78, 5) is 35.0. The summed E-state index contributed by atoms with van der Waals surface area (Å²) in [6.07, 6.45) is 3.60. The fraction of sp³-hybridized carbons (Fsp3) is 0.318. The van der Waals surface area contributed by atoms with Gasteiger partial charge in [-0.25, -0.2) is 0 Å². The first-order chi connectivity index (χ1) is 14.5. The lowest BCUT2D eigenvalue weighted by molar-refractivity contribution is -0.154. The van der Waals surface area contributed by atoms with Gasteiger partial charge in [-0.15, -0.1) is 0 Å². The molecule has 1 fully saturated rings. The van der Waals surface area contributed by atoms with E-state index in [2.05, 4.69) is 22.0 Å². The zero-order valence-corrected chi connectivity index (χ0v) is 16.8. The molecule has 0 bridgehead atoms. The molecule has 0 aliphatic carbocycles. The molecule has 3 aromatic rings. The van der Waals surface area contributed by atoms with E-state index in [0.29, 0.717) is 17.9 Å². The minimum atomic E-state index is -0.719. The Labute approximate surface area is 173 Å². The number of ether oxygens (including phenoxy) is 1. The molecule has 30 heavy (non-hydrogen) atoms. The molecule has 0 radical (unpaired) electrons. The fourth-order valence-electron chi connectivity index (χ4n) is 3.36. The smallest absolute Gasteiger partial charge is 0.312 e. The molecule has 8 heteroatoms. The van der Waals surface area contributed by atoms with Crippen LogP contribution in [0.15, 0.2) is 53.3 Å². The number of rotatable bonds is 6. The third-order valence-electron chi connectivity index (χ3n) is 5.12. The van der Waals surface area contributed by atoms with Crippen LogP contribution in [0.5, 0.6) is 0 Å². The summed E-state index contributed by atoms with van der Waals surface area (Å²) in [6, 6.07) is 11.4. The van der Waals surface area contributed by atoms with Gasteiger partial charge in [0.15, 0.2) is 6.10 Å². The number of carbonyl (C=O) groups excluding carboxylic acids is 2. The number of anilines is 1. The third-order valence-corrected chi connectivity index (χ3v) is 5.12. The van der Waals surface area contributed by atoms with Gasteiger partial charge in [-0.05, 0) is 43.2 Å². The Bertz CT molecular complexity index is 1030. The first-order valence-electron chi connectivity index (χ1n) is 9.89. The van der Waals surface area contributed by atoms with E-state index < -0.39 is 18.0 Å². The Morgan fingerprint density at radius 2 is 2.10 bits per heavy atom. The van der Waals surface area contributed by atoms with Crippen molar-refractivity contribution >= 4 is 17.6 Å². The van der Waals surface area contributed by atoms with Crippen molar-refractivity contribution in [2.75, 3.05) is 11.4 Å². The Balaban J connectivity index is 1.39. The first-order valence-corrected chi connectivity index (χ1v) is 9.89. The van der Waals surface area contributed by atoms with Gasteiger partial charge < -0.3 is 14.2 Å². The number of pyridine rings is 1. The van der Waals surface area contributed by atoms with E-state index in [1.165, 1.54) is 5.56 Å². The largest absolute Gasteiger partial charge is 0.452 e. The Kier molecular flexibility index (Phi) is 5.56. The second-order valence-electron chi connectivity index (χ2n) is 7.20. The minimum Gasteiger partial charge on any atom is -0.452 e. The summed E-state index contributed by atoms with van der Waals surface area (Å²) >= 11 is 0. The predicted molar refractivity (Wildman–Crippen MR) is 108 cm³/mol. The second-order valence-corrected chi connectivity index (χ2v) is 7.20. The van der Waals surface area contributed by atoms with Crippen molar-refractivity contribution in [2.45, 2.75) is 32.8 Å². The summed E-state index contributed by atoms with van der Waals surface area (Å²) in [5.41, 5.74) is 2.69. The van der Waals surface area contributed by atoms with Crippen LogP contribution in [0.3, 0.4) is 0 Å². The standard InChI is InChI=1S/C22H22N4O4/c1-3-15-6-8-18(9-7-15)26-13-17(11-19(26)27)22(28)29-14(2)21-24-20(25-30-21)16-5-4-10-23-12-16/h4-10,12,14,17H,3,11,13H2,1-2H3. The third kappa shape index (κ3) is 4.07. The summed E-state index contributed by atoms with van der Waals surface area (Å²) in [5, 5.41) is 3.91. The van der Waals surface area contributed by atoms with Crippen LogP contribution in [0, 0.1) is 5.92 Å². The molecule has 0 N–H and O–H groups in total. The number of hydrogen-bond donors (Lipinski definition) is 0. The average Bonchev–Trinajstić information content (AvgIpc) is 3.42. The molecule has 3 heterocycles. The van der Waals surface area contributed by atoms with E-state index >= 15 is 0 Å². The van der Waals surface area contributed by atoms with Crippen molar-refractivity contribution in [3.63, 3.8) is 0 Å². The lowest BCUT2D eigenvalue weighted by Crippen LogP contribution is -2.26. The number of aryl methyl sites for hydroxylation is 1. The van der Waals surface area contributed by atoms with Crippen LogP contribution < -0.4 is 4.90 Å². The normalized spacial score (nSPS) is 17.2. The van der Waals surface area contributed by atoms with E-state index in [1.807, 2.05) is 30.3 Å². The van der Waals surface area contributed by atoms with Crippen molar-refractivity contribution in [1.29, 1.82) is 0 Å². The number of nitrogens with zero attached hydrogens (tertiary/aromatic N) is 4. The van der Waals surface area contributed by atoms with E-state index in [0.717, 1.165) is 12.1 Å². The van der Waals surface area contributed by atoms with Crippen LogP contribution in [0.2, 0.25) is 0 Å². The molecule has 2 unspecified atom stereocenters. The van der Waals surface area contributed by atoms with E-state index in [-0.39, 0.29) is 18.2 Å². The molecule has 0 saturated carbocycles. The number of aromatic nitrogens is 3. The maximum absolute atomic E-state index is 12.6. The van der Waals surface area contributed by atoms with Gasteiger partial charge in [0.25, 0.3) is 5.89 Å². The van der Waals surface area contributed by atoms with Crippen molar-refractivity contribution < 1.29 is 18.8 Å². The predicted octanol–water partition coefficient (Wildman–Crippen LogP) is 3.35. The molecule has 2 atom stereocenters. The first kappa shape index (κ1) is 19.8. The molecular formula is C22H22N4O4. The fourth-order valence-corrected chi connectivity index (χ4v) is 3.36. The molecule has 1 aromatic carbocycles. The Morgan fingerprint density at radius 3 is 2.80 bits per heavy atom. The highest BCUT2D eigenvalue weighted by molar-refractivity contribution is 5.99. The molecule has 1 aliphatic rings. The van der Waals surface area contributed by atoms with Crippen LogP contribution in [0.1, 0.15) is 37.8 Å². The van der Waals surface area contributed by atoms with Crippen LogP contribution >= 0.6 is 0 Å². The summed E-state index contributed by atoms with van der Waals surface area (Å²) in [6.45, 7) is 4.03. The lowest BCUT2D eigenvalue weighted by atomic mass is 10.1. The summed E-state index contributed by atoms with van der Waals surface area (Å²) in [5.74, 6) is -0.515. The van der Waals surface area contributed by atoms with Gasteiger partial charge in [0.2, 0.25) is 11.7 Å². The molecule has 2 aromatic heterocycles. The highest BCUT2D eigenvalue weighted by Gasteiger charge is 2.37. The van der Waals surface area contributed by atoms with Crippen molar-refractivity contribution in [1.82, 2.24) is 15.1 Å². The Hall–Kier alpha value is -3.55. The number of carbonyl (C=O) groups is 2. The number of amides is 1. The summed E-state index contributed by atoms with van der Waals surface area (Å²) in [7, 11) is 0. The number of hydrogen-bond acceptors (Lipinski definition) is 7. The zero-order chi connectivity index (χ0) is 21.1. The summed E-state index contributed by atoms with van der Waals surface area (Å²) < 4.78 is 10.7. The van der Waals surface area contributed by atoms with E-state index in [9.17, 15) is 9.59 Å². The van der Waals surface area contributed by atoms with E-state index in [4.69, 9.17) is 9.26 Å². The highest BCUT2D eigenvalue weighted by Crippen LogP contribution is 2.28. The van der Waals surface area contributed by atoms with Crippen LogP contribution in [-0.2, 0) is 20.7 Å². The SMILES string of the molecule is CCc1ccc(N2CC(C(=O)OC(C)c3nc(-c4cccnc4)no3)CC2=O)cc1. The van der Waals surface area contributed by atoms with Crippen molar-refractivity contribution in [3.8, 4) is 11.4 Å². The van der Waals surface area contributed by atoms with Gasteiger partial charge in [-0.2, -0.15) is 4.98 Å². The highest BCUT2D eigenvalue weighted by atomic mass is 16.6. The number of benzene rings is 1. The van der Waals surface area contributed by atoms with Crippen LogP contribution in [0.25, 0.3) is 11.4 Å². The maximum Gasteiger partial charge on any atom is 0.312 e. The molecule has 154 valence electrons. The molecule has 1 amide bonds. The quantitative estimate of drug-likeness (QED) is 0.579. The van der Waals surface area contributed by atoms with Gasteiger partial charge in [0.05, 0.1) is 5.92 Å². The van der Waals surface area contributed by atoms with Crippen LogP contribution in [-0.4, -0.2) is 33.5 Å². The van der Waals surface area contributed by atoms with Gasteiger partial charge in [0.1, 0.15) is 0 Å². The molecule has 0 spiro atoms. The van der Waals surface area contributed by atoms with Crippen molar-refractivity contribution in [3.05, 3.63) is 60.2 Å². The molecule has 1 aliphatic heterocycles. The molecular weight excluding hydrogens is 384 g/mol. The van der Waals surface area contributed by atoms with Gasteiger partial charge >= 0.3 is 5.97 Å². The van der Waals surface area contributed by atoms with Gasteiger partial charge in [-0.3, -0.25) is 14.6 Å². The topological polar surface area (TPSA) is 98.4 Å². The Morgan fingerprint density at radius 1 is 1.30 bits per heavy atom. The molecule has 8 nitrogen and oxygen atoms in total. The lowest BCUT2D eigenvalue weighted by Gasteiger charge is -2.17. The monoisotopic (exact) mass is 406 g/mol. The zero-order valence-electron chi connectivity index (χ0n) is 16.8. The van der Waals surface area contributed by atoms with Gasteiger partial charge in [-0.1, -0.05) is 24.2 Å². The van der Waals surface area contributed by atoms with Crippen molar-refractivity contribution in [2.24, 2.45) is 5.92 Å². The molecule has 4 rings (SSSR count). The minimum absolute atomic E-state index is 0.0921. The molecule has 1 saturated heterocycles. The number of esters is 1. The van der Waals surface area contributed by atoms with E-state index in [1.54, 1.807) is 30.3 Å². The van der Waals surface area contributed by atoms with Crippen LogP contribution in [0.4, 0.5) is 5.69 Å². The average molecular weight is 406 g/mol. The maximum atomic E-state index is 12.6. The second kappa shape index (κ2) is 8.44.